The molecule has 7 heteroatoms. The van der Waals surface area contributed by atoms with Gasteiger partial charge in [-0.3, -0.25) is 4.57 Å². The van der Waals surface area contributed by atoms with Crippen LogP contribution in [0.25, 0.3) is 0 Å². The van der Waals surface area contributed by atoms with Crippen molar-refractivity contribution in [1.82, 2.24) is 9.55 Å². The molecule has 0 amide bonds. The van der Waals surface area contributed by atoms with Gasteiger partial charge in [0, 0.05) is 12.4 Å². The van der Waals surface area contributed by atoms with Crippen molar-refractivity contribution in [2.45, 2.75) is 13.2 Å². The summed E-state index contributed by atoms with van der Waals surface area (Å²) >= 11 is 5.73. The molecular weight excluding hydrogens is 269 g/mol. The molecule has 0 saturated carbocycles. The van der Waals surface area contributed by atoms with E-state index in [9.17, 15) is 13.2 Å². The van der Waals surface area contributed by atoms with Crippen LogP contribution in [0.3, 0.4) is 0 Å². The Labute approximate surface area is 106 Å². The lowest BCUT2D eigenvalue weighted by Crippen LogP contribution is -2.07. The average molecular weight is 277 g/mol. The van der Waals surface area contributed by atoms with Gasteiger partial charge in [0.2, 0.25) is 0 Å². The normalized spacial score (nSPS) is 10.9. The Morgan fingerprint density at radius 1 is 1.39 bits per heavy atom. The molecule has 96 valence electrons. The molecule has 2 rings (SSSR count). The third-order valence-corrected chi connectivity index (χ3v) is 2.51. The predicted octanol–water partition coefficient (Wildman–Crippen LogP) is 3.65. The first-order chi connectivity index (χ1) is 8.58. The number of aromatic nitrogens is 2. The second-order valence-electron chi connectivity index (χ2n) is 3.39. The molecule has 0 N–H and O–H groups in total. The van der Waals surface area contributed by atoms with Crippen LogP contribution in [-0.2, 0) is 6.61 Å². The van der Waals surface area contributed by atoms with E-state index in [0.29, 0.717) is 4.57 Å². The van der Waals surface area contributed by atoms with E-state index in [1.165, 1.54) is 18.3 Å². The largest absolute Gasteiger partial charge is 0.484 e. The Morgan fingerprint density at radius 3 is 2.83 bits per heavy atom. The van der Waals surface area contributed by atoms with E-state index in [1.807, 2.05) is 0 Å². The smallest absolute Gasteiger partial charge is 0.320 e. The van der Waals surface area contributed by atoms with Crippen LogP contribution in [0.2, 0.25) is 5.02 Å². The van der Waals surface area contributed by atoms with Gasteiger partial charge >= 0.3 is 6.55 Å². The quantitative estimate of drug-likeness (QED) is 0.852. The van der Waals surface area contributed by atoms with Gasteiger partial charge in [-0.2, -0.15) is 8.78 Å². The molecule has 2 aromatic rings. The second-order valence-corrected chi connectivity index (χ2v) is 3.80. The molecule has 18 heavy (non-hydrogen) atoms. The molecule has 0 atom stereocenters. The summed E-state index contributed by atoms with van der Waals surface area (Å²) in [7, 11) is 0. The number of ether oxygens (including phenoxy) is 1. The fraction of sp³-hybridized carbons (Fsp3) is 0.182. The Hall–Kier alpha value is -1.69. The number of benzene rings is 1. The van der Waals surface area contributed by atoms with Gasteiger partial charge in [0.25, 0.3) is 0 Å². The fourth-order valence-electron chi connectivity index (χ4n) is 1.37. The van der Waals surface area contributed by atoms with Gasteiger partial charge in [-0.05, 0) is 18.2 Å². The summed E-state index contributed by atoms with van der Waals surface area (Å²) in [5.74, 6) is -0.228. The number of rotatable bonds is 4. The molecule has 1 aromatic heterocycles. The molecule has 0 unspecified atom stereocenters. The number of nitrogens with zero attached hydrogens (tertiary/aromatic N) is 2. The Balaban J connectivity index is 2.09. The summed E-state index contributed by atoms with van der Waals surface area (Å²) < 4.78 is 43.7. The minimum Gasteiger partial charge on any atom is -0.484 e. The van der Waals surface area contributed by atoms with Gasteiger partial charge < -0.3 is 4.74 Å². The van der Waals surface area contributed by atoms with Gasteiger partial charge in [-0.15, -0.1) is 0 Å². The van der Waals surface area contributed by atoms with Crippen LogP contribution in [0, 0.1) is 5.82 Å². The Kier molecular flexibility index (Phi) is 3.76. The van der Waals surface area contributed by atoms with Gasteiger partial charge in [0.15, 0.2) is 5.82 Å². The third-order valence-electron chi connectivity index (χ3n) is 2.21. The number of hydrogen-bond acceptors (Lipinski definition) is 2. The molecule has 0 fully saturated rings. The van der Waals surface area contributed by atoms with Crippen molar-refractivity contribution in [3.8, 4) is 5.75 Å². The molecule has 0 spiro atoms. The highest BCUT2D eigenvalue weighted by Crippen LogP contribution is 2.25. The zero-order valence-corrected chi connectivity index (χ0v) is 9.74. The lowest BCUT2D eigenvalue weighted by atomic mass is 10.3. The van der Waals surface area contributed by atoms with E-state index >= 15 is 0 Å². The highest BCUT2D eigenvalue weighted by atomic mass is 35.5. The van der Waals surface area contributed by atoms with Crippen LogP contribution in [0.15, 0.2) is 30.6 Å². The van der Waals surface area contributed by atoms with Crippen molar-refractivity contribution >= 4 is 11.6 Å². The van der Waals surface area contributed by atoms with Crippen LogP contribution < -0.4 is 4.74 Å². The van der Waals surface area contributed by atoms with Crippen LogP contribution >= 0.6 is 11.6 Å². The number of hydrogen-bond donors (Lipinski definition) is 0. The van der Waals surface area contributed by atoms with Crippen LogP contribution in [0.1, 0.15) is 12.4 Å². The SMILES string of the molecule is Fc1ccc(OCc2nccn2C(F)F)c(Cl)c1. The van der Waals surface area contributed by atoms with Crippen molar-refractivity contribution in [3.05, 3.63) is 47.3 Å². The van der Waals surface area contributed by atoms with E-state index < -0.39 is 12.4 Å². The summed E-state index contributed by atoms with van der Waals surface area (Å²) in [5, 5.41) is 0.0742. The van der Waals surface area contributed by atoms with Gasteiger partial charge in [-0.1, -0.05) is 11.6 Å². The zero-order valence-electron chi connectivity index (χ0n) is 8.99. The summed E-state index contributed by atoms with van der Waals surface area (Å²) in [6, 6.07) is 3.57. The van der Waals surface area contributed by atoms with E-state index in [1.54, 1.807) is 0 Å². The number of imidazole rings is 1. The molecule has 0 radical (unpaired) electrons. The molecule has 0 saturated heterocycles. The lowest BCUT2D eigenvalue weighted by Gasteiger charge is -2.09. The minimum atomic E-state index is -2.69. The van der Waals surface area contributed by atoms with Crippen molar-refractivity contribution in [2.75, 3.05) is 0 Å². The third kappa shape index (κ3) is 2.76. The first kappa shape index (κ1) is 12.8. The standard InChI is InChI=1S/C11H8ClF3N2O/c12-8-5-7(13)1-2-9(8)18-6-10-16-3-4-17(10)11(14)15/h1-5,11H,6H2. The monoisotopic (exact) mass is 276 g/mol. The van der Waals surface area contributed by atoms with Gasteiger partial charge in [-0.25, -0.2) is 9.37 Å². The molecule has 3 nitrogen and oxygen atoms in total. The van der Waals surface area contributed by atoms with Crippen LogP contribution in [-0.4, -0.2) is 9.55 Å². The van der Waals surface area contributed by atoms with Crippen LogP contribution in [0.5, 0.6) is 5.75 Å². The van der Waals surface area contributed by atoms with Gasteiger partial charge in [0.05, 0.1) is 5.02 Å². The summed E-state index contributed by atoms with van der Waals surface area (Å²) in [6.07, 6.45) is 2.40. The molecule has 0 bridgehead atoms. The van der Waals surface area contributed by atoms with E-state index in [2.05, 4.69) is 4.98 Å². The van der Waals surface area contributed by atoms with Crippen LogP contribution in [0.4, 0.5) is 13.2 Å². The molecule has 0 aliphatic rings. The number of alkyl halides is 2. The highest BCUT2D eigenvalue weighted by Gasteiger charge is 2.12. The summed E-state index contributed by atoms with van der Waals surface area (Å²) in [4.78, 5) is 3.74. The topological polar surface area (TPSA) is 27.1 Å². The number of halogens is 4. The van der Waals surface area contributed by atoms with Gasteiger partial charge in [0.1, 0.15) is 18.2 Å². The first-order valence-corrected chi connectivity index (χ1v) is 5.33. The Bertz CT molecular complexity index is 545. The van der Waals surface area contributed by atoms with Crippen molar-refractivity contribution in [1.29, 1.82) is 0 Å². The summed E-state index contributed by atoms with van der Waals surface area (Å²) in [6.45, 7) is -2.86. The van der Waals surface area contributed by atoms with Crippen molar-refractivity contribution in [3.63, 3.8) is 0 Å². The van der Waals surface area contributed by atoms with Crippen molar-refractivity contribution < 1.29 is 17.9 Å². The van der Waals surface area contributed by atoms with E-state index in [4.69, 9.17) is 16.3 Å². The molecule has 1 aromatic carbocycles. The predicted molar refractivity (Wildman–Crippen MR) is 59.2 cm³/mol. The maximum absolute atomic E-state index is 12.8. The maximum atomic E-state index is 12.8. The second kappa shape index (κ2) is 5.30. The first-order valence-electron chi connectivity index (χ1n) is 4.95. The maximum Gasteiger partial charge on any atom is 0.320 e. The average Bonchev–Trinajstić information content (AvgIpc) is 2.76. The lowest BCUT2D eigenvalue weighted by molar-refractivity contribution is 0.0632. The fourth-order valence-corrected chi connectivity index (χ4v) is 1.59. The summed E-state index contributed by atoms with van der Waals surface area (Å²) in [5.41, 5.74) is 0. The molecule has 0 aliphatic heterocycles. The molecule has 0 aliphatic carbocycles. The zero-order chi connectivity index (χ0) is 13.1. The Morgan fingerprint density at radius 2 is 2.17 bits per heavy atom. The minimum absolute atomic E-state index is 0.0605. The molecule has 1 heterocycles. The van der Waals surface area contributed by atoms with Crippen molar-refractivity contribution in [2.24, 2.45) is 0 Å². The van der Waals surface area contributed by atoms with E-state index in [0.717, 1.165) is 12.3 Å². The molecular formula is C11H8ClF3N2O. The highest BCUT2D eigenvalue weighted by molar-refractivity contribution is 6.32. The van der Waals surface area contributed by atoms with E-state index in [-0.39, 0.29) is 23.2 Å².